The van der Waals surface area contributed by atoms with Crippen LogP contribution < -0.4 is 16.4 Å². The Morgan fingerprint density at radius 2 is 2.40 bits per heavy atom. The SMILES string of the molecule is Nc1c[nH]c(C(=O)NC2CNC(=O)C2)c1. The van der Waals surface area contributed by atoms with E-state index in [2.05, 4.69) is 15.6 Å². The Bertz CT molecular complexity index is 399. The molecule has 1 aliphatic rings. The van der Waals surface area contributed by atoms with Gasteiger partial charge in [0.1, 0.15) is 5.69 Å². The lowest BCUT2D eigenvalue weighted by atomic mass is 10.2. The van der Waals surface area contributed by atoms with Crippen molar-refractivity contribution in [3.63, 3.8) is 0 Å². The van der Waals surface area contributed by atoms with Gasteiger partial charge < -0.3 is 21.4 Å². The number of carbonyl (C=O) groups excluding carboxylic acids is 2. The fourth-order valence-corrected chi connectivity index (χ4v) is 1.51. The van der Waals surface area contributed by atoms with Gasteiger partial charge in [-0.1, -0.05) is 0 Å². The average molecular weight is 208 g/mol. The largest absolute Gasteiger partial charge is 0.397 e. The molecule has 0 spiro atoms. The van der Waals surface area contributed by atoms with Crippen molar-refractivity contribution < 1.29 is 9.59 Å². The quantitative estimate of drug-likeness (QED) is 0.512. The van der Waals surface area contributed by atoms with E-state index in [1.54, 1.807) is 12.3 Å². The van der Waals surface area contributed by atoms with Crippen molar-refractivity contribution in [1.29, 1.82) is 0 Å². The van der Waals surface area contributed by atoms with E-state index in [9.17, 15) is 9.59 Å². The lowest BCUT2D eigenvalue weighted by Crippen LogP contribution is -2.36. The van der Waals surface area contributed by atoms with E-state index in [0.717, 1.165) is 0 Å². The highest BCUT2D eigenvalue weighted by atomic mass is 16.2. The molecule has 1 fully saturated rings. The third kappa shape index (κ3) is 2.09. The number of aromatic amines is 1. The minimum atomic E-state index is -0.242. The Balaban J connectivity index is 1.95. The summed E-state index contributed by atoms with van der Waals surface area (Å²) in [4.78, 5) is 25.2. The highest BCUT2D eigenvalue weighted by Gasteiger charge is 2.23. The summed E-state index contributed by atoms with van der Waals surface area (Å²) in [7, 11) is 0. The molecule has 1 aliphatic heterocycles. The normalized spacial score (nSPS) is 20.0. The molecule has 80 valence electrons. The molecule has 15 heavy (non-hydrogen) atoms. The first-order valence-electron chi connectivity index (χ1n) is 4.66. The summed E-state index contributed by atoms with van der Waals surface area (Å²) in [5.41, 5.74) is 6.39. The minimum Gasteiger partial charge on any atom is -0.397 e. The zero-order valence-electron chi connectivity index (χ0n) is 8.04. The standard InChI is InChI=1S/C9H12N4O2/c10-5-1-7(11-3-5)9(15)13-6-2-8(14)12-4-6/h1,3,6,11H,2,4,10H2,(H,12,14)(H,13,15). The molecule has 1 atom stereocenters. The van der Waals surface area contributed by atoms with Crippen LogP contribution in [0.1, 0.15) is 16.9 Å². The topological polar surface area (TPSA) is 100 Å². The third-order valence-corrected chi connectivity index (χ3v) is 2.26. The van der Waals surface area contributed by atoms with E-state index in [-0.39, 0.29) is 17.9 Å². The van der Waals surface area contributed by atoms with Crippen LogP contribution in [0.5, 0.6) is 0 Å². The molecular weight excluding hydrogens is 196 g/mol. The van der Waals surface area contributed by atoms with Gasteiger partial charge in [0.25, 0.3) is 5.91 Å². The van der Waals surface area contributed by atoms with Gasteiger partial charge in [-0.05, 0) is 6.07 Å². The number of anilines is 1. The second kappa shape index (κ2) is 3.64. The number of carbonyl (C=O) groups is 2. The van der Waals surface area contributed by atoms with E-state index in [4.69, 9.17) is 5.73 Å². The summed E-state index contributed by atoms with van der Waals surface area (Å²) in [6.45, 7) is 0.487. The number of hydrogen-bond donors (Lipinski definition) is 4. The van der Waals surface area contributed by atoms with Crippen LogP contribution in [-0.2, 0) is 4.79 Å². The van der Waals surface area contributed by atoms with Gasteiger partial charge in [0.05, 0.1) is 6.04 Å². The summed E-state index contributed by atoms with van der Waals surface area (Å²) >= 11 is 0. The third-order valence-electron chi connectivity index (χ3n) is 2.26. The van der Waals surface area contributed by atoms with E-state index >= 15 is 0 Å². The molecule has 1 aromatic heterocycles. The van der Waals surface area contributed by atoms with Gasteiger partial charge in [-0.2, -0.15) is 0 Å². The summed E-state index contributed by atoms with van der Waals surface area (Å²) in [5, 5.41) is 5.37. The Kier molecular flexibility index (Phi) is 2.32. The molecule has 6 heteroatoms. The lowest BCUT2D eigenvalue weighted by Gasteiger charge is -2.08. The first-order valence-corrected chi connectivity index (χ1v) is 4.66. The highest BCUT2D eigenvalue weighted by molar-refractivity contribution is 5.94. The van der Waals surface area contributed by atoms with Crippen molar-refractivity contribution in [3.8, 4) is 0 Å². The van der Waals surface area contributed by atoms with Crippen LogP contribution in [0.15, 0.2) is 12.3 Å². The van der Waals surface area contributed by atoms with Gasteiger partial charge in [0, 0.05) is 24.8 Å². The number of nitrogens with one attached hydrogen (secondary N) is 3. The molecule has 1 aromatic rings. The molecule has 2 rings (SSSR count). The predicted octanol–water partition coefficient (Wildman–Crippen LogP) is -0.785. The molecule has 0 bridgehead atoms. The zero-order valence-corrected chi connectivity index (χ0v) is 8.04. The van der Waals surface area contributed by atoms with Crippen LogP contribution in [0.4, 0.5) is 5.69 Å². The minimum absolute atomic E-state index is 0.0358. The number of aromatic nitrogens is 1. The van der Waals surface area contributed by atoms with Crippen molar-refractivity contribution in [2.75, 3.05) is 12.3 Å². The van der Waals surface area contributed by atoms with Gasteiger partial charge in [-0.15, -0.1) is 0 Å². The van der Waals surface area contributed by atoms with Crippen LogP contribution in [0.2, 0.25) is 0 Å². The zero-order chi connectivity index (χ0) is 10.8. The Labute approximate surface area is 86.2 Å². The maximum atomic E-state index is 11.6. The monoisotopic (exact) mass is 208 g/mol. The van der Waals surface area contributed by atoms with Crippen molar-refractivity contribution in [3.05, 3.63) is 18.0 Å². The molecule has 5 N–H and O–H groups in total. The molecule has 1 unspecified atom stereocenters. The van der Waals surface area contributed by atoms with Gasteiger partial charge >= 0.3 is 0 Å². The summed E-state index contributed by atoms with van der Waals surface area (Å²) in [6.07, 6.45) is 1.88. The molecule has 0 radical (unpaired) electrons. The Hall–Kier alpha value is -1.98. The maximum absolute atomic E-state index is 11.6. The van der Waals surface area contributed by atoms with Crippen LogP contribution >= 0.6 is 0 Å². The Morgan fingerprint density at radius 3 is 2.93 bits per heavy atom. The van der Waals surface area contributed by atoms with Gasteiger partial charge in [-0.25, -0.2) is 0 Å². The van der Waals surface area contributed by atoms with Crippen LogP contribution in [0, 0.1) is 0 Å². The van der Waals surface area contributed by atoms with Crippen molar-refractivity contribution in [1.82, 2.24) is 15.6 Å². The average Bonchev–Trinajstić information content (AvgIpc) is 2.75. The van der Waals surface area contributed by atoms with E-state index in [1.165, 1.54) is 0 Å². The van der Waals surface area contributed by atoms with Gasteiger partial charge in [-0.3, -0.25) is 9.59 Å². The van der Waals surface area contributed by atoms with Crippen molar-refractivity contribution in [2.45, 2.75) is 12.5 Å². The first kappa shape index (κ1) is 9.57. The smallest absolute Gasteiger partial charge is 0.268 e. The molecule has 6 nitrogen and oxygen atoms in total. The predicted molar refractivity (Wildman–Crippen MR) is 54.1 cm³/mol. The van der Waals surface area contributed by atoms with Crippen LogP contribution in [-0.4, -0.2) is 29.4 Å². The lowest BCUT2D eigenvalue weighted by molar-refractivity contribution is -0.119. The number of nitrogen functional groups attached to an aromatic ring is 1. The second-order valence-corrected chi connectivity index (χ2v) is 3.53. The maximum Gasteiger partial charge on any atom is 0.268 e. The fraction of sp³-hybridized carbons (Fsp3) is 0.333. The number of amides is 2. The van der Waals surface area contributed by atoms with Crippen molar-refractivity contribution in [2.24, 2.45) is 0 Å². The van der Waals surface area contributed by atoms with Gasteiger partial charge in [0.15, 0.2) is 0 Å². The molecule has 1 saturated heterocycles. The molecule has 0 saturated carbocycles. The number of nitrogens with two attached hydrogens (primary N) is 1. The van der Waals surface area contributed by atoms with E-state index < -0.39 is 0 Å². The summed E-state index contributed by atoms with van der Waals surface area (Å²) < 4.78 is 0. The number of hydrogen-bond acceptors (Lipinski definition) is 3. The van der Waals surface area contributed by atoms with E-state index in [0.29, 0.717) is 24.3 Å². The molecule has 0 aliphatic carbocycles. The van der Waals surface area contributed by atoms with E-state index in [1.807, 2.05) is 0 Å². The molecular formula is C9H12N4O2. The second-order valence-electron chi connectivity index (χ2n) is 3.53. The number of rotatable bonds is 2. The molecule has 2 amide bonds. The van der Waals surface area contributed by atoms with Crippen molar-refractivity contribution >= 4 is 17.5 Å². The van der Waals surface area contributed by atoms with Crippen LogP contribution in [0.25, 0.3) is 0 Å². The van der Waals surface area contributed by atoms with Crippen LogP contribution in [0.3, 0.4) is 0 Å². The van der Waals surface area contributed by atoms with Gasteiger partial charge in [0.2, 0.25) is 5.91 Å². The molecule has 2 heterocycles. The molecule has 0 aromatic carbocycles. The summed E-state index contributed by atoms with van der Waals surface area (Å²) in [6, 6.07) is 1.43. The first-order chi connectivity index (χ1) is 7.15. The fourth-order valence-electron chi connectivity index (χ4n) is 1.51. The summed E-state index contributed by atoms with van der Waals surface area (Å²) in [5.74, 6) is -0.278. The number of H-pyrrole nitrogens is 1. The Morgan fingerprint density at radius 1 is 1.60 bits per heavy atom. The highest BCUT2D eigenvalue weighted by Crippen LogP contribution is 2.06.